The molecule has 1 heterocycles. The van der Waals surface area contributed by atoms with E-state index in [4.69, 9.17) is 17.3 Å². The number of rotatable bonds is 7. The fourth-order valence-electron chi connectivity index (χ4n) is 3.31. The third kappa shape index (κ3) is 3.89. The Morgan fingerprint density at radius 3 is 2.41 bits per heavy atom. The molecular weight excluding hydrogens is 407 g/mol. The molecule has 1 aliphatic rings. The van der Waals surface area contributed by atoms with Crippen LogP contribution in [0.15, 0.2) is 47.5 Å². The molecule has 0 bridgehead atoms. The molecule has 29 heavy (non-hydrogen) atoms. The fourth-order valence-corrected chi connectivity index (χ4v) is 3.44. The van der Waals surface area contributed by atoms with Crippen LogP contribution in [0.1, 0.15) is 23.1 Å². The van der Waals surface area contributed by atoms with Gasteiger partial charge in [0.15, 0.2) is 11.5 Å². The first kappa shape index (κ1) is 21.0. The van der Waals surface area contributed by atoms with Gasteiger partial charge in [0.05, 0.1) is 0 Å². The summed E-state index contributed by atoms with van der Waals surface area (Å²) in [4.78, 5) is 18.8. The summed E-state index contributed by atoms with van der Waals surface area (Å²) in [5, 5.41) is 0. The SMILES string of the molecule is CN1C(=O)C(c2ccc(OC(F)F)cc2)(c2ccc(F)c(CCCCl)c2)N=C1N. The van der Waals surface area contributed by atoms with Gasteiger partial charge in [-0.25, -0.2) is 9.38 Å². The van der Waals surface area contributed by atoms with E-state index in [0.717, 1.165) is 0 Å². The number of halogens is 4. The average Bonchev–Trinajstić information content (AvgIpc) is 2.92. The second kappa shape index (κ2) is 8.32. The summed E-state index contributed by atoms with van der Waals surface area (Å²) < 4.78 is 43.5. The zero-order chi connectivity index (χ0) is 21.2. The van der Waals surface area contributed by atoms with Gasteiger partial charge in [-0.3, -0.25) is 9.69 Å². The second-order valence-corrected chi connectivity index (χ2v) is 6.92. The van der Waals surface area contributed by atoms with E-state index in [-0.39, 0.29) is 11.7 Å². The molecule has 1 amide bonds. The number of hydrogen-bond donors (Lipinski definition) is 1. The van der Waals surface area contributed by atoms with Crippen LogP contribution in [0.2, 0.25) is 0 Å². The Kier molecular flexibility index (Phi) is 6.02. The van der Waals surface area contributed by atoms with Crippen LogP contribution >= 0.6 is 11.6 Å². The maximum atomic E-state index is 14.2. The number of benzene rings is 2. The fraction of sp³-hybridized carbons (Fsp3) is 0.300. The van der Waals surface area contributed by atoms with Gasteiger partial charge < -0.3 is 10.5 Å². The van der Waals surface area contributed by atoms with Crippen molar-refractivity contribution in [3.63, 3.8) is 0 Å². The molecule has 0 saturated carbocycles. The van der Waals surface area contributed by atoms with Crippen molar-refractivity contribution >= 4 is 23.5 Å². The smallest absolute Gasteiger partial charge is 0.387 e. The van der Waals surface area contributed by atoms with Crippen LogP contribution in [0.25, 0.3) is 0 Å². The van der Waals surface area contributed by atoms with Crippen molar-refractivity contribution in [3.05, 3.63) is 65.0 Å². The molecule has 9 heteroatoms. The summed E-state index contributed by atoms with van der Waals surface area (Å²) in [6.07, 6.45) is 0.956. The largest absolute Gasteiger partial charge is 0.435 e. The molecule has 0 fully saturated rings. The van der Waals surface area contributed by atoms with Gasteiger partial charge in [0.1, 0.15) is 11.6 Å². The van der Waals surface area contributed by atoms with Gasteiger partial charge in [-0.2, -0.15) is 8.78 Å². The molecule has 2 aromatic rings. The van der Waals surface area contributed by atoms with E-state index in [1.54, 1.807) is 6.07 Å². The highest BCUT2D eigenvalue weighted by Crippen LogP contribution is 2.40. The van der Waals surface area contributed by atoms with Crippen LogP contribution in [0.3, 0.4) is 0 Å². The van der Waals surface area contributed by atoms with Gasteiger partial charge in [0.2, 0.25) is 0 Å². The minimum atomic E-state index is -2.97. The molecule has 1 aliphatic heterocycles. The number of aliphatic imine (C=N–C) groups is 1. The summed E-state index contributed by atoms with van der Waals surface area (Å²) >= 11 is 5.72. The summed E-state index contributed by atoms with van der Waals surface area (Å²) in [6.45, 7) is -2.97. The molecule has 5 nitrogen and oxygen atoms in total. The van der Waals surface area contributed by atoms with Gasteiger partial charge in [-0.1, -0.05) is 18.2 Å². The highest BCUT2D eigenvalue weighted by atomic mass is 35.5. The molecule has 2 aromatic carbocycles. The minimum absolute atomic E-state index is 0.00506. The Morgan fingerprint density at radius 1 is 1.21 bits per heavy atom. The minimum Gasteiger partial charge on any atom is -0.435 e. The molecule has 1 atom stereocenters. The standard InChI is InChI=1S/C20H19ClF3N3O2/c1-27-17(28)20(26-19(27)25,13-4-7-15(8-5-13)29-18(23)24)14-6-9-16(22)12(11-14)3-2-10-21/h4-9,11,18H,2-3,10H2,1H3,(H2,25,26). The maximum absolute atomic E-state index is 14.2. The van der Waals surface area contributed by atoms with Crippen molar-refractivity contribution in [1.82, 2.24) is 4.90 Å². The highest BCUT2D eigenvalue weighted by molar-refractivity contribution is 6.17. The van der Waals surface area contributed by atoms with Crippen LogP contribution < -0.4 is 10.5 Å². The third-order valence-corrected chi connectivity index (χ3v) is 5.05. The lowest BCUT2D eigenvalue weighted by Gasteiger charge is -2.27. The molecule has 154 valence electrons. The molecule has 0 saturated heterocycles. The lowest BCUT2D eigenvalue weighted by Crippen LogP contribution is -2.41. The zero-order valence-electron chi connectivity index (χ0n) is 15.5. The molecular formula is C20H19ClF3N3O2. The lowest BCUT2D eigenvalue weighted by molar-refractivity contribution is -0.129. The van der Waals surface area contributed by atoms with Gasteiger partial charge in [0.25, 0.3) is 5.91 Å². The normalized spacial score (nSPS) is 19.0. The second-order valence-electron chi connectivity index (χ2n) is 6.55. The Morgan fingerprint density at radius 2 is 1.86 bits per heavy atom. The van der Waals surface area contributed by atoms with Crippen molar-refractivity contribution in [1.29, 1.82) is 0 Å². The van der Waals surface area contributed by atoms with E-state index in [1.165, 1.54) is 48.3 Å². The van der Waals surface area contributed by atoms with Gasteiger partial charge in [0, 0.05) is 12.9 Å². The third-order valence-electron chi connectivity index (χ3n) is 4.78. The molecule has 0 radical (unpaired) electrons. The van der Waals surface area contributed by atoms with Gasteiger partial charge in [-0.05, 0) is 53.8 Å². The Balaban J connectivity index is 2.13. The number of nitrogens with zero attached hydrogens (tertiary/aromatic N) is 2. The first-order valence-corrected chi connectivity index (χ1v) is 9.36. The number of alkyl halides is 3. The molecule has 0 spiro atoms. The number of nitrogens with two attached hydrogens (primary N) is 1. The summed E-state index contributed by atoms with van der Waals surface area (Å²) in [6, 6.07) is 9.88. The lowest BCUT2D eigenvalue weighted by atomic mass is 9.82. The Labute approximate surface area is 170 Å². The number of carbonyl (C=O) groups excluding carboxylic acids is 1. The van der Waals surface area contributed by atoms with Crippen molar-refractivity contribution in [3.8, 4) is 5.75 Å². The van der Waals surface area contributed by atoms with Crippen LogP contribution in [-0.4, -0.2) is 36.3 Å². The highest BCUT2D eigenvalue weighted by Gasteiger charge is 2.49. The van der Waals surface area contributed by atoms with Crippen molar-refractivity contribution in [2.75, 3.05) is 12.9 Å². The monoisotopic (exact) mass is 425 g/mol. The maximum Gasteiger partial charge on any atom is 0.387 e. The van der Waals surface area contributed by atoms with Crippen LogP contribution in [-0.2, 0) is 16.8 Å². The van der Waals surface area contributed by atoms with Gasteiger partial charge >= 0.3 is 6.61 Å². The predicted molar refractivity (Wildman–Crippen MR) is 104 cm³/mol. The summed E-state index contributed by atoms with van der Waals surface area (Å²) in [7, 11) is 1.48. The zero-order valence-corrected chi connectivity index (χ0v) is 16.3. The first-order chi connectivity index (χ1) is 13.8. The Bertz CT molecular complexity index is 937. The van der Waals surface area contributed by atoms with E-state index in [1.807, 2.05) is 0 Å². The number of aryl methyl sites for hydroxylation is 1. The molecule has 0 aliphatic carbocycles. The van der Waals surface area contributed by atoms with Crippen LogP contribution in [0, 0.1) is 5.82 Å². The number of guanidine groups is 1. The number of hydrogen-bond acceptors (Lipinski definition) is 4. The number of carbonyl (C=O) groups is 1. The van der Waals surface area contributed by atoms with Gasteiger partial charge in [-0.15, -0.1) is 11.6 Å². The summed E-state index contributed by atoms with van der Waals surface area (Å²) in [5.41, 5.74) is 5.57. The molecule has 3 rings (SSSR count). The molecule has 1 unspecified atom stereocenters. The van der Waals surface area contributed by atoms with Crippen LogP contribution in [0.4, 0.5) is 13.2 Å². The van der Waals surface area contributed by atoms with E-state index in [9.17, 15) is 18.0 Å². The topological polar surface area (TPSA) is 67.9 Å². The molecule has 2 N–H and O–H groups in total. The van der Waals surface area contributed by atoms with E-state index >= 15 is 0 Å². The van der Waals surface area contributed by atoms with Crippen molar-refractivity contribution in [2.24, 2.45) is 10.7 Å². The van der Waals surface area contributed by atoms with E-state index in [2.05, 4.69) is 9.73 Å². The van der Waals surface area contributed by atoms with E-state index in [0.29, 0.717) is 35.4 Å². The number of amides is 1. The number of likely N-dealkylation sites (N-methyl/N-ethyl adjacent to an activating group) is 1. The summed E-state index contributed by atoms with van der Waals surface area (Å²) in [5.74, 6) is -0.545. The van der Waals surface area contributed by atoms with Crippen LogP contribution in [0.5, 0.6) is 5.75 Å². The predicted octanol–water partition coefficient (Wildman–Crippen LogP) is 3.63. The van der Waals surface area contributed by atoms with Crippen molar-refractivity contribution < 1.29 is 22.7 Å². The average molecular weight is 426 g/mol. The molecule has 0 aromatic heterocycles. The number of ether oxygens (including phenoxy) is 1. The van der Waals surface area contributed by atoms with E-state index < -0.39 is 23.9 Å². The van der Waals surface area contributed by atoms with Crippen molar-refractivity contribution in [2.45, 2.75) is 25.0 Å². The first-order valence-electron chi connectivity index (χ1n) is 8.83. The Hall–Kier alpha value is -2.74. The quantitative estimate of drug-likeness (QED) is 0.689.